The van der Waals surface area contributed by atoms with E-state index >= 15 is 0 Å². The lowest BCUT2D eigenvalue weighted by Crippen LogP contribution is -2.51. The number of likely N-dealkylation sites (tertiary alicyclic amines) is 1. The van der Waals surface area contributed by atoms with E-state index in [1.165, 1.54) is 0 Å². The zero-order valence-corrected chi connectivity index (χ0v) is 28.6. The summed E-state index contributed by atoms with van der Waals surface area (Å²) >= 11 is 0. The van der Waals surface area contributed by atoms with Crippen LogP contribution in [0.5, 0.6) is 17.2 Å². The van der Waals surface area contributed by atoms with Gasteiger partial charge in [-0.05, 0) is 91.3 Å². The maximum absolute atomic E-state index is 13.1. The van der Waals surface area contributed by atoms with Crippen LogP contribution in [0.3, 0.4) is 0 Å². The molecule has 0 aliphatic carbocycles. The average Bonchev–Trinajstić information content (AvgIpc) is 3.46. The van der Waals surface area contributed by atoms with Crippen LogP contribution in [-0.2, 0) is 5.41 Å². The van der Waals surface area contributed by atoms with Crippen molar-refractivity contribution in [2.24, 2.45) is 11.3 Å². The largest absolute Gasteiger partial charge is 0.494 e. The third-order valence-corrected chi connectivity index (χ3v) is 8.55. The van der Waals surface area contributed by atoms with Crippen LogP contribution in [-0.4, -0.2) is 56.1 Å². The van der Waals surface area contributed by atoms with Gasteiger partial charge >= 0.3 is 12.1 Å². The van der Waals surface area contributed by atoms with Crippen LogP contribution in [0, 0.1) is 11.3 Å². The Kier molecular flexibility index (Phi) is 10.3. The molecule has 1 aliphatic heterocycles. The molecule has 1 fully saturated rings. The molecule has 11 nitrogen and oxygen atoms in total. The fraction of sp³-hybridized carbons (Fsp3) is 0.405. The molecule has 1 saturated heterocycles. The lowest BCUT2D eigenvalue weighted by atomic mass is 9.76. The number of nitrogens with zero attached hydrogens (tertiary/aromatic N) is 4. The van der Waals surface area contributed by atoms with Crippen LogP contribution < -0.4 is 20.1 Å². The van der Waals surface area contributed by atoms with E-state index in [4.69, 9.17) is 14.6 Å². The van der Waals surface area contributed by atoms with Crippen molar-refractivity contribution >= 4 is 23.6 Å². The quantitative estimate of drug-likeness (QED) is 0.165. The molecular weight excluding hydrogens is 608 g/mol. The Labute approximate surface area is 282 Å². The molecular formula is C37H46N6O5. The summed E-state index contributed by atoms with van der Waals surface area (Å²) in [5, 5.41) is 20.3. The molecule has 1 aliphatic rings. The Balaban J connectivity index is 1.20. The van der Waals surface area contributed by atoms with Crippen molar-refractivity contribution in [3.8, 4) is 22.9 Å². The predicted molar refractivity (Wildman–Crippen MR) is 186 cm³/mol. The summed E-state index contributed by atoms with van der Waals surface area (Å²) in [6, 6.07) is 19.8. The SMILES string of the molecule is CC(C)(C)c1cc(NC(=O)Nc2ccc(Oc3ccncc3)cc2)n(-c2ccc(OCCC3CCN(C(=O)O)C(C(C)(C)C)C3)cc2)n1. The molecule has 11 heteroatoms. The van der Waals surface area contributed by atoms with E-state index in [0.717, 1.165) is 36.4 Å². The molecule has 3 N–H and O–H groups in total. The number of piperidine rings is 1. The molecule has 2 atom stereocenters. The van der Waals surface area contributed by atoms with Gasteiger partial charge in [0.25, 0.3) is 0 Å². The topological polar surface area (TPSA) is 131 Å². The summed E-state index contributed by atoms with van der Waals surface area (Å²) in [6.45, 7) is 13.6. The second-order valence-corrected chi connectivity index (χ2v) is 14.3. The van der Waals surface area contributed by atoms with Gasteiger partial charge in [-0.2, -0.15) is 5.10 Å². The number of urea groups is 1. The lowest BCUT2D eigenvalue weighted by molar-refractivity contribution is 0.0364. The summed E-state index contributed by atoms with van der Waals surface area (Å²) in [6.07, 6.45) is 5.02. The third kappa shape index (κ3) is 8.84. The van der Waals surface area contributed by atoms with E-state index in [1.54, 1.807) is 58.4 Å². The van der Waals surface area contributed by atoms with Gasteiger partial charge in [-0.25, -0.2) is 14.3 Å². The van der Waals surface area contributed by atoms with E-state index in [2.05, 4.69) is 57.2 Å². The van der Waals surface area contributed by atoms with E-state index in [0.29, 0.717) is 42.1 Å². The molecule has 4 aromatic rings. The molecule has 0 spiro atoms. The minimum atomic E-state index is -0.839. The minimum absolute atomic E-state index is 0.0109. The van der Waals surface area contributed by atoms with Crippen molar-refractivity contribution in [3.05, 3.63) is 84.8 Å². The molecule has 5 rings (SSSR count). The Morgan fingerprint density at radius 1 is 0.896 bits per heavy atom. The standard InChI is InChI=1S/C37H46N6O5/c1-36(2,3)31-24-33(40-34(44)39-26-7-11-29(12-8-26)48-30-15-19-38-20-16-30)43(41-31)27-9-13-28(14-10-27)47-22-18-25-17-21-42(35(45)46)32(23-25)37(4,5)6/h7-16,19-20,24-25,32H,17-18,21-23H2,1-6H3,(H,45,46)(H2,39,40,44). The number of rotatable bonds is 9. The highest BCUT2D eigenvalue weighted by Crippen LogP contribution is 2.36. The highest BCUT2D eigenvalue weighted by molar-refractivity contribution is 5.99. The van der Waals surface area contributed by atoms with Crippen molar-refractivity contribution < 1.29 is 24.2 Å². The number of carboxylic acid groups (broad SMARTS) is 1. The number of pyridine rings is 1. The van der Waals surface area contributed by atoms with Gasteiger partial charge in [-0.15, -0.1) is 0 Å². The van der Waals surface area contributed by atoms with Gasteiger partial charge in [0.15, 0.2) is 0 Å². The fourth-order valence-electron chi connectivity index (χ4n) is 5.84. The number of ether oxygens (including phenoxy) is 2. The Morgan fingerprint density at radius 2 is 1.54 bits per heavy atom. The summed E-state index contributed by atoms with van der Waals surface area (Å²) < 4.78 is 13.6. The number of nitrogens with one attached hydrogen (secondary N) is 2. The summed E-state index contributed by atoms with van der Waals surface area (Å²) in [5.41, 5.74) is 1.86. The molecule has 48 heavy (non-hydrogen) atoms. The number of benzene rings is 2. The van der Waals surface area contributed by atoms with Gasteiger partial charge in [0.2, 0.25) is 0 Å². The van der Waals surface area contributed by atoms with Crippen LogP contribution in [0.2, 0.25) is 0 Å². The van der Waals surface area contributed by atoms with Crippen molar-refractivity contribution in [2.75, 3.05) is 23.8 Å². The Bertz CT molecular complexity index is 1670. The summed E-state index contributed by atoms with van der Waals surface area (Å²) in [7, 11) is 0. The number of anilines is 2. The van der Waals surface area contributed by atoms with Gasteiger partial charge in [0.1, 0.15) is 23.1 Å². The van der Waals surface area contributed by atoms with E-state index in [9.17, 15) is 14.7 Å². The first-order valence-electron chi connectivity index (χ1n) is 16.4. The maximum atomic E-state index is 13.1. The zero-order chi connectivity index (χ0) is 34.5. The van der Waals surface area contributed by atoms with Gasteiger partial charge in [-0.1, -0.05) is 41.5 Å². The molecule has 2 aromatic heterocycles. The number of hydrogen-bond acceptors (Lipinski definition) is 6. The summed E-state index contributed by atoms with van der Waals surface area (Å²) in [4.78, 5) is 30.4. The van der Waals surface area contributed by atoms with Crippen molar-refractivity contribution in [2.45, 2.75) is 72.3 Å². The molecule has 3 amide bonds. The van der Waals surface area contributed by atoms with Crippen LogP contribution in [0.25, 0.3) is 5.69 Å². The molecule has 254 valence electrons. The second-order valence-electron chi connectivity index (χ2n) is 14.3. The molecule has 2 aromatic carbocycles. The number of hydrogen-bond donors (Lipinski definition) is 3. The minimum Gasteiger partial charge on any atom is -0.494 e. The molecule has 2 unspecified atom stereocenters. The highest BCUT2D eigenvalue weighted by atomic mass is 16.5. The molecule has 0 bridgehead atoms. The van der Waals surface area contributed by atoms with Crippen LogP contribution in [0.1, 0.15) is 66.5 Å². The van der Waals surface area contributed by atoms with Gasteiger partial charge < -0.3 is 24.8 Å². The first kappa shape index (κ1) is 34.3. The van der Waals surface area contributed by atoms with E-state index < -0.39 is 12.1 Å². The van der Waals surface area contributed by atoms with Gasteiger partial charge in [-0.3, -0.25) is 10.3 Å². The van der Waals surface area contributed by atoms with E-state index in [1.807, 2.05) is 30.3 Å². The fourth-order valence-corrected chi connectivity index (χ4v) is 5.84. The van der Waals surface area contributed by atoms with Crippen LogP contribution in [0.4, 0.5) is 21.1 Å². The maximum Gasteiger partial charge on any atom is 0.407 e. The number of aromatic nitrogens is 3. The smallest absolute Gasteiger partial charge is 0.407 e. The predicted octanol–water partition coefficient (Wildman–Crippen LogP) is 8.57. The number of amides is 3. The number of carbonyl (C=O) groups is 2. The second kappa shape index (κ2) is 14.4. The average molecular weight is 655 g/mol. The normalized spacial score (nSPS) is 16.7. The lowest BCUT2D eigenvalue weighted by Gasteiger charge is -2.44. The van der Waals surface area contributed by atoms with Crippen LogP contribution in [0.15, 0.2) is 79.1 Å². The number of carbonyl (C=O) groups excluding carboxylic acids is 1. The van der Waals surface area contributed by atoms with Crippen LogP contribution >= 0.6 is 0 Å². The van der Waals surface area contributed by atoms with Crippen molar-refractivity contribution in [1.82, 2.24) is 19.7 Å². The highest BCUT2D eigenvalue weighted by Gasteiger charge is 2.38. The van der Waals surface area contributed by atoms with E-state index in [-0.39, 0.29) is 16.9 Å². The monoisotopic (exact) mass is 654 g/mol. The van der Waals surface area contributed by atoms with Gasteiger partial charge in [0, 0.05) is 42.1 Å². The zero-order valence-electron chi connectivity index (χ0n) is 28.6. The van der Waals surface area contributed by atoms with Gasteiger partial charge in [0.05, 0.1) is 18.0 Å². The molecule has 0 radical (unpaired) electrons. The Hall–Kier alpha value is -5.06. The first-order chi connectivity index (χ1) is 22.8. The molecule has 0 saturated carbocycles. The summed E-state index contributed by atoms with van der Waals surface area (Å²) in [5.74, 6) is 2.99. The van der Waals surface area contributed by atoms with Crippen molar-refractivity contribution in [1.29, 1.82) is 0 Å². The Morgan fingerprint density at radius 3 is 2.17 bits per heavy atom. The first-order valence-corrected chi connectivity index (χ1v) is 16.4. The molecule has 3 heterocycles. The third-order valence-electron chi connectivity index (χ3n) is 8.55. The van der Waals surface area contributed by atoms with Crippen molar-refractivity contribution in [3.63, 3.8) is 0 Å².